The van der Waals surface area contributed by atoms with Crippen LogP contribution in [0.3, 0.4) is 0 Å². The zero-order chi connectivity index (χ0) is 32.0. The Kier molecular flexibility index (Phi) is 9.11. The molecule has 0 radical (unpaired) electrons. The van der Waals surface area contributed by atoms with Gasteiger partial charge in [0.05, 0.1) is 38.8 Å². The number of carbonyl (C=O) groups is 1. The number of dihydropyridines is 1. The van der Waals surface area contributed by atoms with Gasteiger partial charge in [-0.3, -0.25) is 14.4 Å². The number of hydrogen-bond donors (Lipinski definition) is 1. The van der Waals surface area contributed by atoms with Crippen molar-refractivity contribution in [1.29, 1.82) is 0 Å². The van der Waals surface area contributed by atoms with Crippen LogP contribution in [-0.4, -0.2) is 69.0 Å². The number of nitrogens with two attached hydrogens (primary N) is 1. The smallest absolute Gasteiger partial charge is 0.351 e. The van der Waals surface area contributed by atoms with Gasteiger partial charge in [-0.1, -0.05) is 43.6 Å². The number of rotatable bonds is 6. The largest absolute Gasteiger partial charge is 0.398 e. The van der Waals surface area contributed by atoms with Crippen molar-refractivity contribution in [1.82, 2.24) is 19.4 Å². The number of halogens is 3. The molecule has 44 heavy (non-hydrogen) atoms. The Bertz CT molecular complexity index is 1780. The lowest BCUT2D eigenvalue weighted by Crippen LogP contribution is -2.58. The van der Waals surface area contributed by atoms with Crippen molar-refractivity contribution in [2.24, 2.45) is 10.9 Å². The third-order valence-corrected chi connectivity index (χ3v) is 9.65. The van der Waals surface area contributed by atoms with Gasteiger partial charge in [-0.15, -0.1) is 11.8 Å². The highest BCUT2D eigenvalue weighted by Crippen LogP contribution is 2.42. The average molecular weight is 659 g/mol. The van der Waals surface area contributed by atoms with Crippen LogP contribution >= 0.6 is 35.0 Å². The molecule has 0 aliphatic carbocycles. The van der Waals surface area contributed by atoms with Crippen molar-refractivity contribution in [2.45, 2.75) is 51.9 Å². The third kappa shape index (κ3) is 5.50. The van der Waals surface area contributed by atoms with Crippen LogP contribution in [0.1, 0.15) is 33.7 Å². The number of fused-ring (bicyclic) bond motifs is 1. The van der Waals surface area contributed by atoms with E-state index in [0.29, 0.717) is 24.3 Å². The van der Waals surface area contributed by atoms with E-state index in [1.165, 1.54) is 34.5 Å². The summed E-state index contributed by atoms with van der Waals surface area (Å²) >= 11 is 14.5. The van der Waals surface area contributed by atoms with Gasteiger partial charge in [0.25, 0.3) is 0 Å². The van der Waals surface area contributed by atoms with Crippen molar-refractivity contribution in [2.75, 3.05) is 30.0 Å². The van der Waals surface area contributed by atoms with E-state index in [2.05, 4.69) is 11.6 Å². The molecule has 1 aromatic carbocycles. The van der Waals surface area contributed by atoms with Crippen molar-refractivity contribution in [3.05, 3.63) is 68.2 Å². The summed E-state index contributed by atoms with van der Waals surface area (Å²) in [7, 11) is 0. The number of hydrogen-bond acceptors (Lipinski definition) is 8. The molecule has 0 saturated carbocycles. The first-order valence-corrected chi connectivity index (χ1v) is 16.2. The number of pyridine rings is 1. The first-order chi connectivity index (χ1) is 20.9. The number of allylic oxidation sites excluding steroid dienone is 1. The molecule has 1 amide bonds. The molecule has 232 valence electrons. The fraction of sp³-hybridized carbons (Fsp3) is 0.387. The van der Waals surface area contributed by atoms with Gasteiger partial charge < -0.3 is 15.5 Å². The van der Waals surface area contributed by atoms with Crippen LogP contribution in [0, 0.1) is 11.7 Å². The lowest BCUT2D eigenvalue weighted by molar-refractivity contribution is -0.128. The number of carbonyl (C=O) groups excluding carboxylic acids is 1. The minimum absolute atomic E-state index is 0.0528. The van der Waals surface area contributed by atoms with Gasteiger partial charge in [0, 0.05) is 42.0 Å². The molecule has 1 saturated heterocycles. The van der Waals surface area contributed by atoms with Crippen LogP contribution in [0.5, 0.6) is 0 Å². The Labute approximate surface area is 269 Å². The lowest BCUT2D eigenvalue weighted by atomic mass is 9.94. The molecule has 0 bridgehead atoms. The Hall–Kier alpha value is -3.41. The monoisotopic (exact) mass is 657 g/mol. The van der Waals surface area contributed by atoms with Crippen molar-refractivity contribution in [3.63, 3.8) is 0 Å². The first kappa shape index (κ1) is 32.0. The number of benzene rings is 1. The molecule has 9 nitrogen and oxygen atoms in total. The minimum Gasteiger partial charge on any atom is -0.398 e. The molecule has 1 fully saturated rings. The fourth-order valence-corrected chi connectivity index (χ4v) is 7.08. The topological polar surface area (TPSA) is 110 Å². The van der Waals surface area contributed by atoms with Crippen LogP contribution in [-0.2, 0) is 4.79 Å². The molecular formula is C31H34Cl2FN7O2S. The van der Waals surface area contributed by atoms with Gasteiger partial charge in [0.1, 0.15) is 11.5 Å². The standard InChI is InChI=1S/C31H34Cl2FN7O2S/c1-7-23(42)39-13-17(5)40(14-16(39)4)29-18-12-20(33)27(24-21(35)9-8-19(32)25(24)34)37-30(18)41(31(43)38-29)28-22(44-6)10-11-36-26(28)15(2)3/h7-12,15-17,26,28H,1,13-14,35H2,2-6H3/t16-,17+,26?,28?/m1/s1. The zero-order valence-corrected chi connectivity index (χ0v) is 27.4. The Morgan fingerprint density at radius 2 is 1.91 bits per heavy atom. The van der Waals surface area contributed by atoms with Gasteiger partial charge in [-0.25, -0.2) is 14.2 Å². The summed E-state index contributed by atoms with van der Waals surface area (Å²) in [6, 6.07) is 3.29. The van der Waals surface area contributed by atoms with Crippen LogP contribution in [0.15, 0.2) is 51.6 Å². The molecule has 2 aliphatic heterocycles. The number of aliphatic imine (C=N–C) groups is 1. The average Bonchev–Trinajstić information content (AvgIpc) is 2.99. The first-order valence-electron chi connectivity index (χ1n) is 14.2. The number of anilines is 2. The maximum Gasteiger partial charge on any atom is 0.351 e. The molecule has 5 rings (SSSR count). The third-order valence-electron chi connectivity index (χ3n) is 8.22. The predicted octanol–water partition coefficient (Wildman–Crippen LogP) is 6.00. The zero-order valence-electron chi connectivity index (χ0n) is 25.1. The second-order valence-electron chi connectivity index (χ2n) is 11.4. The quantitative estimate of drug-likeness (QED) is 0.256. The number of piperazine rings is 1. The molecule has 2 unspecified atom stereocenters. The van der Waals surface area contributed by atoms with E-state index < -0.39 is 17.5 Å². The summed E-state index contributed by atoms with van der Waals surface area (Å²) in [6.07, 6.45) is 6.88. The minimum atomic E-state index is -0.763. The number of aromatic nitrogens is 3. The van der Waals surface area contributed by atoms with Crippen LogP contribution in [0.25, 0.3) is 22.3 Å². The Morgan fingerprint density at radius 1 is 1.18 bits per heavy atom. The molecule has 4 atom stereocenters. The van der Waals surface area contributed by atoms with E-state index >= 15 is 4.39 Å². The molecule has 13 heteroatoms. The van der Waals surface area contributed by atoms with Crippen molar-refractivity contribution >= 4 is 69.6 Å². The van der Waals surface area contributed by atoms with Crippen LogP contribution in [0.2, 0.25) is 10.0 Å². The summed E-state index contributed by atoms with van der Waals surface area (Å²) in [4.78, 5) is 45.6. The highest BCUT2D eigenvalue weighted by molar-refractivity contribution is 8.02. The number of nitrogens with zero attached hydrogens (tertiary/aromatic N) is 6. The summed E-state index contributed by atoms with van der Waals surface area (Å²) in [5.41, 5.74) is 6.05. The second kappa shape index (κ2) is 12.5. The second-order valence-corrected chi connectivity index (χ2v) is 13.1. The van der Waals surface area contributed by atoms with E-state index in [1.807, 2.05) is 44.9 Å². The predicted molar refractivity (Wildman–Crippen MR) is 180 cm³/mol. The Balaban J connectivity index is 1.82. The summed E-state index contributed by atoms with van der Waals surface area (Å²) < 4.78 is 17.0. The van der Waals surface area contributed by atoms with Gasteiger partial charge in [-0.05, 0) is 56.4 Å². The highest BCUT2D eigenvalue weighted by Gasteiger charge is 2.37. The number of nitrogen functional groups attached to an aromatic ring is 1. The maximum atomic E-state index is 15.5. The molecule has 2 N–H and O–H groups in total. The SMILES string of the molecule is C=CC(=O)N1C[C@H](C)N(c2nc(=O)n(C3C(SC)=CC=NC3C(C)C)c3nc(-c4c(N)ccc(Cl)c4F)c(Cl)cc23)C[C@H]1C. The normalized spacial score (nSPS) is 22.1. The van der Waals surface area contributed by atoms with E-state index in [1.54, 1.807) is 17.2 Å². The molecule has 2 aliphatic rings. The van der Waals surface area contributed by atoms with Gasteiger partial charge in [0.15, 0.2) is 5.82 Å². The highest BCUT2D eigenvalue weighted by atomic mass is 35.5. The van der Waals surface area contributed by atoms with E-state index in [4.69, 9.17) is 38.9 Å². The molecular weight excluding hydrogens is 624 g/mol. The lowest BCUT2D eigenvalue weighted by Gasteiger charge is -2.44. The van der Waals surface area contributed by atoms with Crippen molar-refractivity contribution in [3.8, 4) is 11.3 Å². The summed E-state index contributed by atoms with van der Waals surface area (Å²) in [5, 5.41) is 0.478. The molecule has 3 aromatic rings. The van der Waals surface area contributed by atoms with Crippen LogP contribution < -0.4 is 16.3 Å². The summed E-state index contributed by atoms with van der Waals surface area (Å²) in [5.74, 6) is -0.484. The molecule has 4 heterocycles. The van der Waals surface area contributed by atoms with Gasteiger partial charge in [-0.2, -0.15) is 4.98 Å². The van der Waals surface area contributed by atoms with Gasteiger partial charge in [0.2, 0.25) is 5.91 Å². The van der Waals surface area contributed by atoms with Crippen LogP contribution in [0.4, 0.5) is 15.9 Å². The van der Waals surface area contributed by atoms with E-state index in [0.717, 1.165) is 4.91 Å². The summed E-state index contributed by atoms with van der Waals surface area (Å²) in [6.45, 7) is 12.4. The number of thioether (sulfide) groups is 1. The maximum absolute atomic E-state index is 15.5. The van der Waals surface area contributed by atoms with Gasteiger partial charge >= 0.3 is 5.69 Å². The van der Waals surface area contributed by atoms with Crippen molar-refractivity contribution < 1.29 is 9.18 Å². The number of amides is 1. The molecule has 2 aromatic heterocycles. The van der Waals surface area contributed by atoms with E-state index in [9.17, 15) is 9.59 Å². The fourth-order valence-electron chi connectivity index (χ4n) is 5.99. The molecule has 0 spiro atoms. The Morgan fingerprint density at radius 3 is 2.57 bits per heavy atom. The van der Waals surface area contributed by atoms with E-state index in [-0.39, 0.29) is 62.6 Å².